The highest BCUT2D eigenvalue weighted by Crippen LogP contribution is 2.33. The number of unbranched alkanes of at least 4 members (excludes halogenated alkanes) is 3. The number of aromatic nitrogens is 3. The van der Waals surface area contributed by atoms with Crippen molar-refractivity contribution in [1.29, 1.82) is 0 Å². The first kappa shape index (κ1) is 39.3. The molecular weight excluding hydrogens is 770 g/mol. The third kappa shape index (κ3) is 8.68. The maximum Gasteiger partial charge on any atom is 0.255 e. The summed E-state index contributed by atoms with van der Waals surface area (Å²) in [6.07, 6.45) is 8.69. The van der Waals surface area contributed by atoms with E-state index in [1.54, 1.807) is 36.5 Å². The van der Waals surface area contributed by atoms with Crippen molar-refractivity contribution >= 4 is 57.9 Å². The number of likely N-dealkylation sites (tertiary alicyclic amines) is 1. The second-order valence-corrected chi connectivity index (χ2v) is 15.3. The van der Waals surface area contributed by atoms with Crippen LogP contribution in [0.5, 0.6) is 11.5 Å². The number of H-pyrrole nitrogens is 1. The first-order valence-corrected chi connectivity index (χ1v) is 20.3. The number of piperidine rings is 2. The second kappa shape index (κ2) is 17.5. The molecule has 5 aromatic rings. The lowest BCUT2D eigenvalue weighted by Crippen LogP contribution is -2.52. The molecule has 14 heteroatoms. The maximum atomic E-state index is 13.8. The van der Waals surface area contributed by atoms with Gasteiger partial charge in [-0.15, -0.1) is 0 Å². The molecule has 3 aliphatic rings. The quantitative estimate of drug-likeness (QED) is 0.0532. The van der Waals surface area contributed by atoms with Crippen molar-refractivity contribution in [2.45, 2.75) is 76.4 Å². The largest absolute Gasteiger partial charge is 0.457 e. The Morgan fingerprint density at radius 1 is 0.915 bits per heavy atom. The van der Waals surface area contributed by atoms with Gasteiger partial charge in [0.1, 0.15) is 35.3 Å². The lowest BCUT2D eigenvalue weighted by atomic mass is 10.0. The predicted molar refractivity (Wildman–Crippen MR) is 221 cm³/mol. The number of amides is 4. The fourth-order valence-electron chi connectivity index (χ4n) is 7.92. The number of ketones is 1. The van der Waals surface area contributed by atoms with Gasteiger partial charge in [-0.2, -0.15) is 0 Å². The van der Waals surface area contributed by atoms with Gasteiger partial charge in [0.15, 0.2) is 5.78 Å². The van der Waals surface area contributed by atoms with E-state index in [2.05, 4.69) is 37.4 Å². The molecule has 1 atom stereocenters. The van der Waals surface area contributed by atoms with Crippen molar-refractivity contribution < 1.29 is 28.7 Å². The Bertz CT molecular complexity index is 2500. The molecule has 13 nitrogen and oxygen atoms in total. The molecule has 0 radical (unpaired) electrons. The third-order valence-electron chi connectivity index (χ3n) is 11.1. The fraction of sp³-hybridized carbons (Fsp3) is 0.311. The number of rotatable bonds is 12. The Kier molecular flexibility index (Phi) is 11.7. The summed E-state index contributed by atoms with van der Waals surface area (Å²) < 4.78 is 5.88. The van der Waals surface area contributed by atoms with Crippen LogP contribution in [-0.4, -0.2) is 79.3 Å². The molecule has 300 valence electrons. The Balaban J connectivity index is 0.791. The number of carbonyl (C=O) groups is 5. The van der Waals surface area contributed by atoms with Crippen LogP contribution in [0.2, 0.25) is 5.02 Å². The molecule has 3 aliphatic heterocycles. The third-order valence-corrected chi connectivity index (χ3v) is 11.4. The molecule has 2 saturated heterocycles. The first-order chi connectivity index (χ1) is 28.7. The van der Waals surface area contributed by atoms with Gasteiger partial charge >= 0.3 is 0 Å². The number of aromatic amines is 1. The summed E-state index contributed by atoms with van der Waals surface area (Å²) in [4.78, 5) is 79.4. The average molecular weight is 812 g/mol. The molecule has 4 amide bonds. The molecule has 59 heavy (non-hydrogen) atoms. The van der Waals surface area contributed by atoms with Gasteiger partial charge in [-0.1, -0.05) is 54.1 Å². The Morgan fingerprint density at radius 3 is 2.54 bits per heavy atom. The number of halogens is 1. The molecule has 0 saturated carbocycles. The number of nitrogens with zero attached hydrogens (tertiary/aromatic N) is 4. The van der Waals surface area contributed by atoms with Gasteiger partial charge in [-0.3, -0.25) is 29.3 Å². The van der Waals surface area contributed by atoms with Crippen molar-refractivity contribution in [2.24, 2.45) is 0 Å². The van der Waals surface area contributed by atoms with Crippen LogP contribution < -0.4 is 15.4 Å². The zero-order valence-electron chi connectivity index (χ0n) is 32.3. The van der Waals surface area contributed by atoms with Crippen LogP contribution in [0.1, 0.15) is 95.2 Å². The minimum Gasteiger partial charge on any atom is -0.457 e. The topological polar surface area (TPSA) is 167 Å². The molecule has 0 aliphatic carbocycles. The van der Waals surface area contributed by atoms with E-state index >= 15 is 0 Å². The van der Waals surface area contributed by atoms with Gasteiger partial charge in [0.25, 0.3) is 5.91 Å². The van der Waals surface area contributed by atoms with E-state index in [4.69, 9.17) is 16.3 Å². The second-order valence-electron chi connectivity index (χ2n) is 14.9. The van der Waals surface area contributed by atoms with Crippen molar-refractivity contribution in [3.8, 4) is 23.3 Å². The highest BCUT2D eigenvalue weighted by molar-refractivity contribution is 6.35. The zero-order valence-corrected chi connectivity index (χ0v) is 33.0. The molecule has 5 heterocycles. The van der Waals surface area contributed by atoms with Gasteiger partial charge in [0.2, 0.25) is 17.7 Å². The van der Waals surface area contributed by atoms with Crippen LogP contribution in [0.15, 0.2) is 79.3 Å². The number of para-hydroxylation sites is 1. The summed E-state index contributed by atoms with van der Waals surface area (Å²) in [6, 6.07) is 19.2. The van der Waals surface area contributed by atoms with Crippen LogP contribution in [0.3, 0.4) is 0 Å². The SMILES string of the molecule is O=C1CCC(N2Cc3c(C#CCCCCCC(=O)N4CCC(Nc5ncnc6[nH]cc(C(=O)c7ccc(Oc8ccccc8)cc7Cl)c56)CC4)cccc3C2=O)C(=O)N1. The van der Waals surface area contributed by atoms with Crippen molar-refractivity contribution in [1.82, 2.24) is 30.1 Å². The molecule has 0 spiro atoms. The summed E-state index contributed by atoms with van der Waals surface area (Å²) in [6.45, 7) is 1.53. The Morgan fingerprint density at radius 2 is 1.75 bits per heavy atom. The molecule has 1 unspecified atom stereocenters. The van der Waals surface area contributed by atoms with E-state index in [1.807, 2.05) is 41.3 Å². The summed E-state index contributed by atoms with van der Waals surface area (Å²) in [5.74, 6) is 7.08. The zero-order chi connectivity index (χ0) is 40.9. The molecule has 8 rings (SSSR count). The van der Waals surface area contributed by atoms with E-state index in [0.717, 1.165) is 43.2 Å². The van der Waals surface area contributed by atoms with Gasteiger partial charge in [0.05, 0.1) is 16.0 Å². The molecular formula is C45H42ClN7O6. The Hall–Kier alpha value is -6.52. The normalized spacial score (nSPS) is 16.7. The Labute approximate surface area is 345 Å². The van der Waals surface area contributed by atoms with E-state index in [-0.39, 0.29) is 41.0 Å². The number of nitrogens with one attached hydrogen (secondary N) is 3. The van der Waals surface area contributed by atoms with Crippen molar-refractivity contribution in [3.05, 3.63) is 112 Å². The monoisotopic (exact) mass is 811 g/mol. The first-order valence-electron chi connectivity index (χ1n) is 19.9. The van der Waals surface area contributed by atoms with Crippen LogP contribution in [0, 0.1) is 11.8 Å². The van der Waals surface area contributed by atoms with Gasteiger partial charge < -0.3 is 24.8 Å². The average Bonchev–Trinajstić information content (AvgIpc) is 3.83. The number of fused-ring (bicyclic) bond motifs is 2. The number of carbonyl (C=O) groups excluding carboxylic acids is 5. The highest BCUT2D eigenvalue weighted by Gasteiger charge is 2.39. The van der Waals surface area contributed by atoms with Crippen LogP contribution in [0.25, 0.3) is 11.0 Å². The van der Waals surface area contributed by atoms with Crippen LogP contribution >= 0.6 is 11.6 Å². The smallest absolute Gasteiger partial charge is 0.255 e. The molecule has 3 aromatic carbocycles. The summed E-state index contributed by atoms with van der Waals surface area (Å²) in [5, 5.41) is 6.70. The maximum absolute atomic E-state index is 13.8. The molecule has 2 aromatic heterocycles. The number of ether oxygens (including phenoxy) is 1. The highest BCUT2D eigenvalue weighted by atomic mass is 35.5. The van der Waals surface area contributed by atoms with Crippen molar-refractivity contribution in [3.63, 3.8) is 0 Å². The lowest BCUT2D eigenvalue weighted by molar-refractivity contribution is -0.137. The summed E-state index contributed by atoms with van der Waals surface area (Å²) >= 11 is 6.60. The number of imide groups is 1. The van der Waals surface area contributed by atoms with Crippen LogP contribution in [0.4, 0.5) is 5.82 Å². The molecule has 0 bridgehead atoms. The minimum absolute atomic E-state index is 0.0519. The number of hydrogen-bond donors (Lipinski definition) is 3. The summed E-state index contributed by atoms with van der Waals surface area (Å²) in [7, 11) is 0. The van der Waals surface area contributed by atoms with Crippen molar-refractivity contribution in [2.75, 3.05) is 18.4 Å². The number of hydrogen-bond acceptors (Lipinski definition) is 9. The fourth-order valence-corrected chi connectivity index (χ4v) is 8.17. The van der Waals surface area contributed by atoms with Crippen LogP contribution in [-0.2, 0) is 20.9 Å². The van der Waals surface area contributed by atoms with E-state index < -0.39 is 11.9 Å². The van der Waals surface area contributed by atoms with E-state index in [1.165, 1.54) is 11.2 Å². The van der Waals surface area contributed by atoms with Gasteiger partial charge in [-0.25, -0.2) is 9.97 Å². The predicted octanol–water partition coefficient (Wildman–Crippen LogP) is 6.80. The standard InChI is InChI=1S/C45H42ClN7O6/c46-36-24-31(59-30-12-6-4-7-13-30)16-17-33(36)41(56)34-25-47-42-40(34)43(49-27-48-42)50-29-20-22-52(23-21-29)39(55)15-8-3-1-2-5-10-28-11-9-14-32-35(28)26-53(45(32)58)37-18-19-38(54)51-44(37)57/h4,6-7,9,11-14,16-17,24-25,27,29,37H,1-3,8,15,18-23,26H2,(H,51,54,57)(H2,47,48,49,50). The van der Waals surface area contributed by atoms with Gasteiger partial charge in [0, 0.05) is 73.9 Å². The van der Waals surface area contributed by atoms with E-state index in [0.29, 0.717) is 83.9 Å². The summed E-state index contributed by atoms with van der Waals surface area (Å²) in [5.41, 5.74) is 3.39. The molecule has 2 fully saturated rings. The minimum atomic E-state index is -0.662. The number of anilines is 1. The lowest BCUT2D eigenvalue weighted by Gasteiger charge is -2.33. The number of benzene rings is 3. The van der Waals surface area contributed by atoms with E-state index in [9.17, 15) is 24.0 Å². The van der Waals surface area contributed by atoms with Gasteiger partial charge in [-0.05, 0) is 74.1 Å². The molecule has 3 N–H and O–H groups in total.